The summed E-state index contributed by atoms with van der Waals surface area (Å²) >= 11 is 0. The Hall–Kier alpha value is -3.73. The fraction of sp³-hybridized carbons (Fsp3) is 0.160. The van der Waals surface area contributed by atoms with Gasteiger partial charge in [-0.3, -0.25) is 4.79 Å². The van der Waals surface area contributed by atoms with Crippen LogP contribution in [0.5, 0.6) is 0 Å². The fourth-order valence-electron chi connectivity index (χ4n) is 3.81. The normalized spacial score (nSPS) is 11.0. The summed E-state index contributed by atoms with van der Waals surface area (Å²) in [6.45, 7) is 2.45. The summed E-state index contributed by atoms with van der Waals surface area (Å²) in [6.07, 6.45) is 1.68. The number of benzene rings is 2. The van der Waals surface area contributed by atoms with Crippen LogP contribution in [0.4, 0.5) is 0 Å². The summed E-state index contributed by atoms with van der Waals surface area (Å²) in [7, 11) is 0. The van der Waals surface area contributed by atoms with Crippen LogP contribution >= 0.6 is 0 Å². The zero-order chi connectivity index (χ0) is 21.1. The minimum absolute atomic E-state index is 0.0890. The molecule has 30 heavy (non-hydrogen) atoms. The van der Waals surface area contributed by atoms with Crippen molar-refractivity contribution in [1.82, 2.24) is 9.55 Å². The maximum Gasteiger partial charge on any atom is 0.336 e. The molecule has 0 unspecified atom stereocenters. The van der Waals surface area contributed by atoms with Crippen molar-refractivity contribution in [3.63, 3.8) is 0 Å². The summed E-state index contributed by atoms with van der Waals surface area (Å²) in [4.78, 5) is 28.7. The van der Waals surface area contributed by atoms with E-state index in [1.165, 1.54) is 12.1 Å². The van der Waals surface area contributed by atoms with Gasteiger partial charge in [-0.2, -0.15) is 0 Å². The highest BCUT2D eigenvalue weighted by Gasteiger charge is 2.19. The van der Waals surface area contributed by atoms with E-state index in [0.717, 1.165) is 35.3 Å². The van der Waals surface area contributed by atoms with Crippen LogP contribution in [0, 0.1) is 0 Å². The predicted octanol–water partition coefficient (Wildman–Crippen LogP) is 4.76. The molecular formula is C25H22N2O3. The van der Waals surface area contributed by atoms with Crippen molar-refractivity contribution < 1.29 is 9.90 Å². The average molecular weight is 398 g/mol. The van der Waals surface area contributed by atoms with Crippen LogP contribution in [0.15, 0.2) is 77.6 Å². The van der Waals surface area contributed by atoms with Crippen LogP contribution in [0.2, 0.25) is 0 Å². The van der Waals surface area contributed by atoms with Gasteiger partial charge in [0.15, 0.2) is 5.43 Å². The second kappa shape index (κ2) is 8.33. The monoisotopic (exact) mass is 398 g/mol. The van der Waals surface area contributed by atoms with Crippen molar-refractivity contribution in [2.75, 3.05) is 0 Å². The summed E-state index contributed by atoms with van der Waals surface area (Å²) in [5, 5.41) is 10.0. The molecule has 0 saturated carbocycles. The van der Waals surface area contributed by atoms with E-state index in [2.05, 4.69) is 6.92 Å². The Morgan fingerprint density at radius 3 is 2.47 bits per heavy atom. The summed E-state index contributed by atoms with van der Waals surface area (Å²) < 4.78 is 2.02. The Bertz CT molecular complexity index is 1280. The number of nitrogens with zero attached hydrogens (tertiary/aromatic N) is 2. The molecule has 1 heterocycles. The van der Waals surface area contributed by atoms with Gasteiger partial charge in [-0.15, -0.1) is 0 Å². The van der Waals surface area contributed by atoms with Gasteiger partial charge in [-0.1, -0.05) is 55.5 Å². The molecule has 0 aliphatic carbocycles. The standard InChI is InChI=1S/C25H22N2O3/c1-2-7-23-26-21-14-12-19(28)13-15-22(21)27(23)16-18-10-6-11-20(24(18)25(29)30)17-8-4-3-5-9-17/h3-6,8-15H,2,7,16H2,1H3,(H,29,30). The third-order valence-electron chi connectivity index (χ3n) is 5.18. The molecule has 0 amide bonds. The predicted molar refractivity (Wildman–Crippen MR) is 118 cm³/mol. The number of carbonyl (C=O) groups is 1. The van der Waals surface area contributed by atoms with E-state index in [0.29, 0.717) is 17.7 Å². The Morgan fingerprint density at radius 1 is 0.967 bits per heavy atom. The van der Waals surface area contributed by atoms with Gasteiger partial charge in [0.1, 0.15) is 5.82 Å². The maximum atomic E-state index is 12.2. The van der Waals surface area contributed by atoms with Gasteiger partial charge in [-0.05, 0) is 47.4 Å². The molecule has 0 aliphatic rings. The zero-order valence-corrected chi connectivity index (χ0v) is 16.7. The summed E-state index contributed by atoms with van der Waals surface area (Å²) in [5.41, 5.74) is 4.01. The number of fused-ring (bicyclic) bond motifs is 1. The molecule has 0 atom stereocenters. The number of rotatable bonds is 6. The van der Waals surface area contributed by atoms with Gasteiger partial charge in [-0.25, -0.2) is 9.78 Å². The lowest BCUT2D eigenvalue weighted by Crippen LogP contribution is -2.11. The summed E-state index contributed by atoms with van der Waals surface area (Å²) in [5.74, 6) is -0.0779. The van der Waals surface area contributed by atoms with Crippen molar-refractivity contribution in [2.45, 2.75) is 26.3 Å². The Balaban J connectivity index is 1.90. The Labute approximate surface area is 174 Å². The van der Waals surface area contributed by atoms with Crippen molar-refractivity contribution in [2.24, 2.45) is 0 Å². The third-order valence-corrected chi connectivity index (χ3v) is 5.18. The average Bonchev–Trinajstić information content (AvgIpc) is 2.95. The number of aromatic nitrogens is 2. The smallest absolute Gasteiger partial charge is 0.336 e. The Morgan fingerprint density at radius 2 is 1.73 bits per heavy atom. The first-order valence-electron chi connectivity index (χ1n) is 9.98. The molecule has 150 valence electrons. The maximum absolute atomic E-state index is 12.2. The molecule has 3 aromatic carbocycles. The quantitative estimate of drug-likeness (QED) is 0.508. The van der Waals surface area contributed by atoms with Crippen molar-refractivity contribution in [1.29, 1.82) is 0 Å². The first-order valence-corrected chi connectivity index (χ1v) is 9.98. The van der Waals surface area contributed by atoms with E-state index in [1.54, 1.807) is 12.1 Å². The molecule has 0 aliphatic heterocycles. The van der Waals surface area contributed by atoms with Crippen LogP contribution in [0.25, 0.3) is 22.2 Å². The number of aryl methyl sites for hydroxylation is 1. The highest BCUT2D eigenvalue weighted by molar-refractivity contribution is 5.97. The molecule has 0 fully saturated rings. The molecule has 4 rings (SSSR count). The highest BCUT2D eigenvalue weighted by atomic mass is 16.4. The van der Waals surface area contributed by atoms with E-state index in [1.807, 2.05) is 53.1 Å². The van der Waals surface area contributed by atoms with E-state index in [9.17, 15) is 14.7 Å². The van der Waals surface area contributed by atoms with Crippen molar-refractivity contribution in [3.05, 3.63) is 100.0 Å². The number of hydrogen-bond acceptors (Lipinski definition) is 3. The van der Waals surface area contributed by atoms with Gasteiger partial charge in [0.25, 0.3) is 0 Å². The van der Waals surface area contributed by atoms with Crippen LogP contribution in [0.3, 0.4) is 0 Å². The van der Waals surface area contributed by atoms with E-state index >= 15 is 0 Å². The zero-order valence-electron chi connectivity index (χ0n) is 16.7. The van der Waals surface area contributed by atoms with Crippen molar-refractivity contribution >= 4 is 17.0 Å². The molecular weight excluding hydrogens is 376 g/mol. The Kier molecular flexibility index (Phi) is 5.44. The summed E-state index contributed by atoms with van der Waals surface area (Å²) in [6, 6.07) is 21.6. The number of hydrogen-bond donors (Lipinski definition) is 1. The minimum Gasteiger partial charge on any atom is -0.478 e. The van der Waals surface area contributed by atoms with Crippen LogP contribution < -0.4 is 5.43 Å². The van der Waals surface area contributed by atoms with Crippen LogP contribution in [-0.2, 0) is 13.0 Å². The first-order chi connectivity index (χ1) is 14.6. The molecule has 0 spiro atoms. The fourth-order valence-corrected chi connectivity index (χ4v) is 3.81. The molecule has 0 saturated heterocycles. The molecule has 1 N–H and O–H groups in total. The lowest BCUT2D eigenvalue weighted by atomic mass is 9.95. The molecule has 1 aromatic heterocycles. The number of imidazole rings is 1. The number of aromatic carboxylic acids is 1. The molecule has 5 nitrogen and oxygen atoms in total. The van der Waals surface area contributed by atoms with Crippen molar-refractivity contribution in [3.8, 4) is 11.1 Å². The third kappa shape index (κ3) is 3.74. The van der Waals surface area contributed by atoms with Crippen LogP contribution in [0.1, 0.15) is 35.1 Å². The van der Waals surface area contributed by atoms with Gasteiger partial charge in [0, 0.05) is 6.42 Å². The van der Waals surface area contributed by atoms with E-state index < -0.39 is 5.97 Å². The molecule has 5 heteroatoms. The molecule has 0 radical (unpaired) electrons. The van der Waals surface area contributed by atoms with E-state index in [-0.39, 0.29) is 11.0 Å². The molecule has 4 aromatic rings. The SMILES string of the molecule is CCCc1nc2ccc(=O)ccc2n1Cc1cccc(-c2ccccc2)c1C(=O)O. The molecule has 0 bridgehead atoms. The largest absolute Gasteiger partial charge is 0.478 e. The first kappa shape index (κ1) is 19.6. The lowest BCUT2D eigenvalue weighted by molar-refractivity contribution is 0.0696. The van der Waals surface area contributed by atoms with Gasteiger partial charge in [0.05, 0.1) is 23.1 Å². The second-order valence-corrected chi connectivity index (χ2v) is 7.21. The second-order valence-electron chi connectivity index (χ2n) is 7.21. The topological polar surface area (TPSA) is 72.2 Å². The van der Waals surface area contributed by atoms with E-state index in [4.69, 9.17) is 4.98 Å². The van der Waals surface area contributed by atoms with Crippen LogP contribution in [-0.4, -0.2) is 20.6 Å². The van der Waals surface area contributed by atoms with Gasteiger partial charge >= 0.3 is 5.97 Å². The minimum atomic E-state index is -0.960. The van der Waals surface area contributed by atoms with Gasteiger partial charge < -0.3 is 9.67 Å². The highest BCUT2D eigenvalue weighted by Crippen LogP contribution is 2.28. The number of carboxylic acids is 1. The lowest BCUT2D eigenvalue weighted by Gasteiger charge is -2.14. The van der Waals surface area contributed by atoms with Gasteiger partial charge in [0.2, 0.25) is 0 Å². The number of carboxylic acid groups (broad SMARTS) is 1.